The number of nitrogens with two attached hydrogens (primary N) is 1. The van der Waals surface area contributed by atoms with Gasteiger partial charge in [-0.05, 0) is 65.0 Å². The molecular formula is C14H20ClIN2. The van der Waals surface area contributed by atoms with E-state index in [9.17, 15) is 0 Å². The second-order valence-electron chi connectivity index (χ2n) is 5.49. The van der Waals surface area contributed by atoms with Gasteiger partial charge in [0.15, 0.2) is 0 Å². The third-order valence-corrected chi connectivity index (χ3v) is 5.03. The molecule has 1 aromatic rings. The highest BCUT2D eigenvalue weighted by Gasteiger charge is 2.40. The first-order chi connectivity index (χ1) is 8.22. The molecule has 0 bridgehead atoms. The monoisotopic (exact) mass is 378 g/mol. The minimum absolute atomic E-state index is 0. The number of hydrogen-bond donors (Lipinski definition) is 1. The molecule has 0 aromatic heterocycles. The Morgan fingerprint density at radius 3 is 2.56 bits per heavy atom. The Balaban J connectivity index is 0.00000120. The van der Waals surface area contributed by atoms with Crippen LogP contribution in [0.4, 0.5) is 0 Å². The highest BCUT2D eigenvalue weighted by Crippen LogP contribution is 2.37. The van der Waals surface area contributed by atoms with Gasteiger partial charge in [-0.25, -0.2) is 0 Å². The van der Waals surface area contributed by atoms with Gasteiger partial charge >= 0.3 is 0 Å². The lowest BCUT2D eigenvalue weighted by Gasteiger charge is -2.18. The summed E-state index contributed by atoms with van der Waals surface area (Å²) in [6.07, 6.45) is 2.59. The molecular weight excluding hydrogens is 359 g/mol. The molecule has 1 aliphatic carbocycles. The summed E-state index contributed by atoms with van der Waals surface area (Å²) in [5.74, 6) is 1.63. The Labute approximate surface area is 129 Å². The van der Waals surface area contributed by atoms with Crippen LogP contribution in [0.25, 0.3) is 0 Å². The Bertz CT molecular complexity index is 395. The Morgan fingerprint density at radius 1 is 1.17 bits per heavy atom. The van der Waals surface area contributed by atoms with Crippen molar-refractivity contribution in [3.63, 3.8) is 0 Å². The minimum Gasteiger partial charge on any atom is -0.327 e. The summed E-state index contributed by atoms with van der Waals surface area (Å²) in [6.45, 7) is 3.55. The first kappa shape index (κ1) is 14.6. The third-order valence-electron chi connectivity index (χ3n) is 4.31. The van der Waals surface area contributed by atoms with E-state index in [2.05, 4.69) is 51.8 Å². The van der Waals surface area contributed by atoms with Gasteiger partial charge in [-0.1, -0.05) is 12.1 Å². The molecule has 100 valence electrons. The average Bonchev–Trinajstić information content (AvgIpc) is 2.85. The predicted octanol–water partition coefficient (Wildman–Crippen LogP) is 2.88. The standard InChI is InChI=1S/C14H19IN2.ClH/c15-12-4-1-10(2-5-12)7-17-8-11-3-6-14(16)13(11)9-17;/h1-2,4-5,11,13-14H,3,6-9,16H2;1H. The Hall–Kier alpha value is 0.160. The molecule has 3 rings (SSSR count). The van der Waals surface area contributed by atoms with Crippen LogP contribution in [0.1, 0.15) is 18.4 Å². The summed E-state index contributed by atoms with van der Waals surface area (Å²) in [5, 5.41) is 0. The molecule has 2 N–H and O–H groups in total. The Kier molecular flexibility index (Phi) is 4.92. The normalized spacial score (nSPS) is 31.1. The summed E-state index contributed by atoms with van der Waals surface area (Å²) >= 11 is 2.36. The topological polar surface area (TPSA) is 29.3 Å². The lowest BCUT2D eigenvalue weighted by molar-refractivity contribution is 0.298. The summed E-state index contributed by atoms with van der Waals surface area (Å²) in [4.78, 5) is 2.58. The second-order valence-corrected chi connectivity index (χ2v) is 6.73. The van der Waals surface area contributed by atoms with Crippen LogP contribution in [0.15, 0.2) is 24.3 Å². The zero-order valence-corrected chi connectivity index (χ0v) is 13.4. The number of fused-ring (bicyclic) bond motifs is 1. The summed E-state index contributed by atoms with van der Waals surface area (Å²) in [7, 11) is 0. The zero-order chi connectivity index (χ0) is 11.8. The lowest BCUT2D eigenvalue weighted by atomic mass is 9.98. The molecule has 1 saturated heterocycles. The maximum atomic E-state index is 6.17. The quantitative estimate of drug-likeness (QED) is 0.802. The maximum absolute atomic E-state index is 6.17. The molecule has 0 radical (unpaired) electrons. The number of likely N-dealkylation sites (tertiary alicyclic amines) is 1. The van der Waals surface area contributed by atoms with Crippen LogP contribution in [0.5, 0.6) is 0 Å². The van der Waals surface area contributed by atoms with Crippen molar-refractivity contribution in [3.8, 4) is 0 Å². The van der Waals surface area contributed by atoms with Gasteiger partial charge in [-0.2, -0.15) is 0 Å². The number of benzene rings is 1. The smallest absolute Gasteiger partial charge is 0.0233 e. The van der Waals surface area contributed by atoms with Gasteiger partial charge in [-0.15, -0.1) is 12.4 Å². The van der Waals surface area contributed by atoms with Crippen molar-refractivity contribution >= 4 is 35.0 Å². The van der Waals surface area contributed by atoms with E-state index in [-0.39, 0.29) is 12.4 Å². The van der Waals surface area contributed by atoms with Crippen molar-refractivity contribution in [1.82, 2.24) is 4.90 Å². The molecule has 2 fully saturated rings. The van der Waals surface area contributed by atoms with E-state index >= 15 is 0 Å². The van der Waals surface area contributed by atoms with E-state index in [1.807, 2.05) is 0 Å². The molecule has 2 aliphatic rings. The molecule has 1 aromatic carbocycles. The maximum Gasteiger partial charge on any atom is 0.0233 e. The van der Waals surface area contributed by atoms with Crippen LogP contribution in [0.2, 0.25) is 0 Å². The molecule has 0 amide bonds. The van der Waals surface area contributed by atoms with Crippen LogP contribution in [0.3, 0.4) is 0 Å². The van der Waals surface area contributed by atoms with Crippen LogP contribution in [0, 0.1) is 15.4 Å². The molecule has 3 unspecified atom stereocenters. The van der Waals surface area contributed by atoms with Gasteiger partial charge in [0.1, 0.15) is 0 Å². The number of halogens is 2. The fraction of sp³-hybridized carbons (Fsp3) is 0.571. The molecule has 1 saturated carbocycles. The van der Waals surface area contributed by atoms with Gasteiger partial charge < -0.3 is 5.73 Å². The van der Waals surface area contributed by atoms with Gasteiger partial charge in [0.25, 0.3) is 0 Å². The molecule has 18 heavy (non-hydrogen) atoms. The van der Waals surface area contributed by atoms with E-state index in [4.69, 9.17) is 5.73 Å². The Morgan fingerprint density at radius 2 is 1.89 bits per heavy atom. The van der Waals surface area contributed by atoms with Crippen molar-refractivity contribution in [2.24, 2.45) is 17.6 Å². The number of nitrogens with zero attached hydrogens (tertiary/aromatic N) is 1. The van der Waals surface area contributed by atoms with Crippen LogP contribution >= 0.6 is 35.0 Å². The van der Waals surface area contributed by atoms with Crippen molar-refractivity contribution in [2.75, 3.05) is 13.1 Å². The van der Waals surface area contributed by atoms with Crippen molar-refractivity contribution in [2.45, 2.75) is 25.4 Å². The van der Waals surface area contributed by atoms with E-state index < -0.39 is 0 Å². The van der Waals surface area contributed by atoms with Gasteiger partial charge in [0.05, 0.1) is 0 Å². The molecule has 1 heterocycles. The van der Waals surface area contributed by atoms with Crippen molar-refractivity contribution in [1.29, 1.82) is 0 Å². The van der Waals surface area contributed by atoms with Crippen LogP contribution in [-0.2, 0) is 6.54 Å². The van der Waals surface area contributed by atoms with Crippen molar-refractivity contribution < 1.29 is 0 Å². The van der Waals surface area contributed by atoms with E-state index in [1.165, 1.54) is 35.1 Å². The zero-order valence-electron chi connectivity index (χ0n) is 10.4. The summed E-state index contributed by atoms with van der Waals surface area (Å²) in [5.41, 5.74) is 7.60. The van der Waals surface area contributed by atoms with Gasteiger partial charge in [0.2, 0.25) is 0 Å². The number of rotatable bonds is 2. The predicted molar refractivity (Wildman–Crippen MR) is 85.9 cm³/mol. The van der Waals surface area contributed by atoms with Crippen LogP contribution < -0.4 is 5.73 Å². The van der Waals surface area contributed by atoms with Gasteiger partial charge in [0, 0.05) is 29.2 Å². The highest BCUT2D eigenvalue weighted by molar-refractivity contribution is 14.1. The average molecular weight is 379 g/mol. The third kappa shape index (κ3) is 3.00. The molecule has 3 atom stereocenters. The summed E-state index contributed by atoms with van der Waals surface area (Å²) < 4.78 is 1.31. The highest BCUT2D eigenvalue weighted by atomic mass is 127. The minimum atomic E-state index is 0. The molecule has 2 nitrogen and oxygen atoms in total. The van der Waals surface area contributed by atoms with Gasteiger partial charge in [-0.3, -0.25) is 4.90 Å². The van der Waals surface area contributed by atoms with Crippen molar-refractivity contribution in [3.05, 3.63) is 33.4 Å². The fourth-order valence-corrected chi connectivity index (χ4v) is 3.74. The molecule has 1 aliphatic heterocycles. The van der Waals surface area contributed by atoms with Crippen LogP contribution in [-0.4, -0.2) is 24.0 Å². The number of hydrogen-bond acceptors (Lipinski definition) is 2. The summed E-state index contributed by atoms with van der Waals surface area (Å²) in [6, 6.07) is 9.34. The second kappa shape index (κ2) is 6.07. The fourth-order valence-electron chi connectivity index (χ4n) is 3.38. The van der Waals surface area contributed by atoms with E-state index in [1.54, 1.807) is 0 Å². The lowest BCUT2D eigenvalue weighted by Crippen LogP contribution is -2.30. The SMILES string of the molecule is Cl.NC1CCC2CN(Cc3ccc(I)cc3)CC12. The first-order valence-corrected chi connectivity index (χ1v) is 7.52. The van der Waals surface area contributed by atoms with E-state index in [0.717, 1.165) is 18.4 Å². The largest absolute Gasteiger partial charge is 0.327 e. The first-order valence-electron chi connectivity index (χ1n) is 6.45. The molecule has 0 spiro atoms. The van der Waals surface area contributed by atoms with E-state index in [0.29, 0.717) is 6.04 Å². The molecule has 4 heteroatoms.